The first kappa shape index (κ1) is 14.8. The average molecular weight is 340 g/mol. The van der Waals surface area contributed by atoms with Crippen LogP contribution >= 0.6 is 11.8 Å². The van der Waals surface area contributed by atoms with Gasteiger partial charge in [-0.1, -0.05) is 84.6 Å². The lowest BCUT2D eigenvalue weighted by atomic mass is 9.79. The summed E-state index contributed by atoms with van der Waals surface area (Å²) in [4.78, 5) is 2.22. The highest BCUT2D eigenvalue weighted by Gasteiger charge is 2.40. The van der Waals surface area contributed by atoms with E-state index in [1.54, 1.807) is 11.8 Å². The third-order valence-electron chi connectivity index (χ3n) is 4.94. The zero-order valence-electron chi connectivity index (χ0n) is 13.5. The molecule has 0 aromatic heterocycles. The lowest BCUT2D eigenvalue weighted by Crippen LogP contribution is -2.32. The zero-order valence-corrected chi connectivity index (χ0v) is 14.3. The van der Waals surface area contributed by atoms with Crippen molar-refractivity contribution in [1.82, 2.24) is 0 Å². The van der Waals surface area contributed by atoms with Gasteiger partial charge in [-0.3, -0.25) is 0 Å². The number of aliphatic hydroxyl groups is 1. The fourth-order valence-corrected chi connectivity index (χ4v) is 4.88. The summed E-state index contributed by atoms with van der Waals surface area (Å²) in [6.07, 6.45) is 0. The molecule has 2 heteroatoms. The van der Waals surface area contributed by atoms with Gasteiger partial charge < -0.3 is 5.11 Å². The van der Waals surface area contributed by atoms with Crippen LogP contribution in [0, 0.1) is 0 Å². The van der Waals surface area contributed by atoms with Crippen LogP contribution in [0.4, 0.5) is 0 Å². The maximum absolute atomic E-state index is 12.0. The quantitative estimate of drug-likeness (QED) is 0.487. The predicted octanol–water partition coefficient (Wildman–Crippen LogP) is 5.59. The number of benzene rings is 4. The monoisotopic (exact) mass is 340 g/mol. The van der Waals surface area contributed by atoms with Crippen LogP contribution in [0.5, 0.6) is 0 Å². The molecule has 0 fully saturated rings. The third kappa shape index (κ3) is 2.15. The van der Waals surface area contributed by atoms with Gasteiger partial charge in [-0.25, -0.2) is 0 Å². The van der Waals surface area contributed by atoms with Crippen LogP contribution in [0.3, 0.4) is 0 Å². The van der Waals surface area contributed by atoms with Crippen LogP contribution in [0.2, 0.25) is 0 Å². The van der Waals surface area contributed by atoms with Gasteiger partial charge in [0.05, 0.1) is 0 Å². The van der Waals surface area contributed by atoms with Crippen molar-refractivity contribution in [2.45, 2.75) is 15.4 Å². The molecule has 0 radical (unpaired) electrons. The Hall–Kier alpha value is -2.55. The number of fused-ring (bicyclic) bond motifs is 3. The Morgan fingerprint density at radius 1 is 0.600 bits per heavy atom. The number of hydrogen-bond donors (Lipinski definition) is 1. The van der Waals surface area contributed by atoms with Gasteiger partial charge in [-0.2, -0.15) is 0 Å². The van der Waals surface area contributed by atoms with E-state index >= 15 is 0 Å². The standard InChI is InChI=1S/C23H16OS/c24-23(18-14-13-16-7-1-2-8-17(16)15-18)19-9-3-5-11-21(19)25-22-12-6-4-10-20(22)23/h1-15,24H. The fraction of sp³-hybridized carbons (Fsp3) is 0.0435. The summed E-state index contributed by atoms with van der Waals surface area (Å²) >= 11 is 1.72. The van der Waals surface area contributed by atoms with Gasteiger partial charge in [-0.05, 0) is 34.5 Å². The molecule has 0 saturated heterocycles. The highest BCUT2D eigenvalue weighted by Crippen LogP contribution is 2.51. The molecule has 120 valence electrons. The first-order valence-corrected chi connectivity index (χ1v) is 9.17. The molecule has 0 aliphatic carbocycles. The Balaban J connectivity index is 1.84. The Bertz CT molecular complexity index is 1050. The molecule has 5 rings (SSSR count). The minimum absolute atomic E-state index is 0.909. The van der Waals surface area contributed by atoms with Crippen molar-refractivity contribution in [3.8, 4) is 0 Å². The third-order valence-corrected chi connectivity index (χ3v) is 6.09. The molecule has 0 saturated carbocycles. The first-order chi connectivity index (χ1) is 12.3. The minimum atomic E-state index is -1.14. The van der Waals surface area contributed by atoms with Crippen molar-refractivity contribution in [3.05, 3.63) is 108 Å². The molecule has 1 aliphatic heterocycles. The molecule has 4 aromatic carbocycles. The van der Waals surface area contributed by atoms with Crippen LogP contribution in [-0.4, -0.2) is 5.11 Å². The second kappa shape index (κ2) is 5.48. The van der Waals surface area contributed by atoms with Gasteiger partial charge in [0, 0.05) is 20.9 Å². The molecule has 1 heterocycles. The lowest BCUT2D eigenvalue weighted by molar-refractivity contribution is 0.119. The Kier molecular flexibility index (Phi) is 3.24. The van der Waals surface area contributed by atoms with E-state index < -0.39 is 5.60 Å². The smallest absolute Gasteiger partial charge is 0.142 e. The molecule has 0 amide bonds. The van der Waals surface area contributed by atoms with Gasteiger partial charge in [0.1, 0.15) is 5.60 Å². The van der Waals surface area contributed by atoms with E-state index in [4.69, 9.17) is 0 Å². The molecular formula is C23H16OS. The van der Waals surface area contributed by atoms with Crippen molar-refractivity contribution in [1.29, 1.82) is 0 Å². The molecule has 4 aromatic rings. The van der Waals surface area contributed by atoms with Crippen molar-refractivity contribution in [3.63, 3.8) is 0 Å². The van der Waals surface area contributed by atoms with Crippen molar-refractivity contribution in [2.24, 2.45) is 0 Å². The molecular weight excluding hydrogens is 324 g/mol. The van der Waals surface area contributed by atoms with E-state index in [0.29, 0.717) is 0 Å². The zero-order chi connectivity index (χ0) is 16.9. The van der Waals surface area contributed by atoms with Gasteiger partial charge in [0.2, 0.25) is 0 Å². The van der Waals surface area contributed by atoms with Crippen LogP contribution in [0.15, 0.2) is 101 Å². The fourth-order valence-electron chi connectivity index (χ4n) is 3.70. The molecule has 0 unspecified atom stereocenters. The molecule has 1 nitrogen and oxygen atoms in total. The van der Waals surface area contributed by atoms with Crippen LogP contribution < -0.4 is 0 Å². The predicted molar refractivity (Wildman–Crippen MR) is 103 cm³/mol. The van der Waals surface area contributed by atoms with Crippen molar-refractivity contribution >= 4 is 22.5 Å². The van der Waals surface area contributed by atoms with Crippen LogP contribution in [0.25, 0.3) is 10.8 Å². The summed E-state index contributed by atoms with van der Waals surface area (Å²) < 4.78 is 0. The highest BCUT2D eigenvalue weighted by atomic mass is 32.2. The summed E-state index contributed by atoms with van der Waals surface area (Å²) in [7, 11) is 0. The van der Waals surface area contributed by atoms with E-state index in [1.807, 2.05) is 54.6 Å². The number of rotatable bonds is 1. The maximum Gasteiger partial charge on any atom is 0.142 e. The van der Waals surface area contributed by atoms with E-state index in [2.05, 4.69) is 36.4 Å². The van der Waals surface area contributed by atoms with Gasteiger partial charge in [-0.15, -0.1) is 0 Å². The summed E-state index contributed by atoms with van der Waals surface area (Å²) in [5.41, 5.74) is 1.68. The lowest BCUT2D eigenvalue weighted by Gasteiger charge is -2.36. The largest absolute Gasteiger partial charge is 0.376 e. The summed E-state index contributed by atoms with van der Waals surface area (Å²) in [5.74, 6) is 0. The molecule has 0 spiro atoms. The Morgan fingerprint density at radius 2 is 1.16 bits per heavy atom. The normalized spacial score (nSPS) is 14.8. The SMILES string of the molecule is OC1(c2ccc3ccccc3c2)c2ccccc2Sc2ccccc21. The van der Waals surface area contributed by atoms with Gasteiger partial charge in [0.15, 0.2) is 0 Å². The highest BCUT2D eigenvalue weighted by molar-refractivity contribution is 7.99. The number of hydrogen-bond acceptors (Lipinski definition) is 2. The average Bonchev–Trinajstić information content (AvgIpc) is 2.68. The van der Waals surface area contributed by atoms with E-state index in [0.717, 1.165) is 31.9 Å². The second-order valence-electron chi connectivity index (χ2n) is 6.37. The Labute approximate surface area is 151 Å². The first-order valence-electron chi connectivity index (χ1n) is 8.35. The second-order valence-corrected chi connectivity index (χ2v) is 7.45. The topological polar surface area (TPSA) is 20.2 Å². The molecule has 1 N–H and O–H groups in total. The van der Waals surface area contributed by atoms with Crippen molar-refractivity contribution < 1.29 is 5.11 Å². The van der Waals surface area contributed by atoms with E-state index in [-0.39, 0.29) is 0 Å². The van der Waals surface area contributed by atoms with E-state index in [1.165, 1.54) is 5.39 Å². The van der Waals surface area contributed by atoms with Crippen LogP contribution in [-0.2, 0) is 5.60 Å². The molecule has 0 bridgehead atoms. The summed E-state index contributed by atoms with van der Waals surface area (Å²) in [6, 6.07) is 30.8. The maximum atomic E-state index is 12.0. The molecule has 0 atom stereocenters. The summed E-state index contributed by atoms with van der Waals surface area (Å²) in [6.45, 7) is 0. The van der Waals surface area contributed by atoms with Crippen molar-refractivity contribution in [2.75, 3.05) is 0 Å². The molecule has 1 aliphatic rings. The van der Waals surface area contributed by atoms with Gasteiger partial charge >= 0.3 is 0 Å². The minimum Gasteiger partial charge on any atom is -0.376 e. The molecule has 25 heavy (non-hydrogen) atoms. The summed E-state index contributed by atoms with van der Waals surface area (Å²) in [5, 5.41) is 14.3. The van der Waals surface area contributed by atoms with Gasteiger partial charge in [0.25, 0.3) is 0 Å². The van der Waals surface area contributed by atoms with E-state index in [9.17, 15) is 5.11 Å². The Morgan fingerprint density at radius 3 is 1.84 bits per heavy atom. The van der Waals surface area contributed by atoms with Crippen LogP contribution in [0.1, 0.15) is 16.7 Å².